The summed E-state index contributed by atoms with van der Waals surface area (Å²) < 4.78 is 10.9. The van der Waals surface area contributed by atoms with Crippen molar-refractivity contribution in [2.75, 3.05) is 82.4 Å². The molecule has 0 fully saturated rings. The minimum Gasteiger partial charge on any atom is -0.383 e. The highest BCUT2D eigenvalue weighted by Gasteiger charge is 2.25. The van der Waals surface area contributed by atoms with E-state index in [9.17, 15) is 9.59 Å². The number of ether oxygens (including phenoxy) is 2. The summed E-state index contributed by atoms with van der Waals surface area (Å²) in [5.41, 5.74) is 0.679. The number of amides is 2. The number of anilines is 3. The highest BCUT2D eigenvalue weighted by atomic mass is 79.9. The Labute approximate surface area is 234 Å². The number of fused-ring (bicyclic) bond motifs is 1. The topological polar surface area (TPSA) is 126 Å². The third kappa shape index (κ3) is 9.49. The number of rotatable bonds is 10. The van der Waals surface area contributed by atoms with Crippen LogP contribution in [0, 0.1) is 0 Å². The molecule has 12 nitrogen and oxygen atoms in total. The van der Waals surface area contributed by atoms with E-state index in [4.69, 9.17) is 32.7 Å². The molecule has 3 heterocycles. The Kier molecular flexibility index (Phi) is 13.2. The Hall–Kier alpha value is -2.32. The predicted octanol–water partition coefficient (Wildman–Crippen LogP) is 2.43. The maximum Gasteiger partial charge on any atom is 0.228 e. The molecule has 1 aliphatic heterocycles. The van der Waals surface area contributed by atoms with Gasteiger partial charge in [-0.3, -0.25) is 9.59 Å². The molecule has 15 heteroatoms. The number of carbonyl (C=O) groups is 2. The number of nitrogens with zero attached hydrogens (tertiary/aromatic N) is 7. The number of hydrogen-bond acceptors (Lipinski definition) is 10. The highest BCUT2D eigenvalue weighted by molar-refractivity contribution is 9.10. The fourth-order valence-electron chi connectivity index (χ4n) is 3.32. The van der Waals surface area contributed by atoms with E-state index in [0.717, 1.165) is 4.47 Å². The standard InChI is InChI=1S/C11H16BrClN4O2.C11H15ClN4O2/c1-14-9(18)3-4-17(5-6-19-2)10-8(12)7-15-11(13)16-10;1-15-8-7-13-11(12)14-10(8)16(5-6-18-2)4-3-9(15)17/h7H,3-6H2,1-2H3,(H,14,18);7H,3-6H2,1-2H3. The van der Waals surface area contributed by atoms with Gasteiger partial charge in [0.05, 0.1) is 23.9 Å². The average molecular weight is 622 g/mol. The van der Waals surface area contributed by atoms with Crippen LogP contribution in [0.1, 0.15) is 12.8 Å². The van der Waals surface area contributed by atoms with Crippen molar-refractivity contribution in [2.45, 2.75) is 12.8 Å². The Morgan fingerprint density at radius 2 is 1.81 bits per heavy atom. The number of halogens is 3. The summed E-state index contributed by atoms with van der Waals surface area (Å²) in [5, 5.41) is 2.93. The van der Waals surface area contributed by atoms with E-state index in [2.05, 4.69) is 41.2 Å². The molecule has 1 aliphatic rings. The smallest absolute Gasteiger partial charge is 0.228 e. The summed E-state index contributed by atoms with van der Waals surface area (Å²) in [7, 11) is 6.60. The third-order valence-electron chi connectivity index (χ3n) is 5.37. The van der Waals surface area contributed by atoms with E-state index in [1.165, 1.54) is 0 Å². The van der Waals surface area contributed by atoms with E-state index >= 15 is 0 Å². The van der Waals surface area contributed by atoms with Gasteiger partial charge in [-0.15, -0.1) is 0 Å². The van der Waals surface area contributed by atoms with Crippen molar-refractivity contribution < 1.29 is 19.1 Å². The quantitative estimate of drug-likeness (QED) is 0.395. The van der Waals surface area contributed by atoms with E-state index in [1.54, 1.807) is 45.6 Å². The van der Waals surface area contributed by atoms with Gasteiger partial charge in [-0.05, 0) is 39.1 Å². The fraction of sp³-hybridized carbons (Fsp3) is 0.545. The summed E-state index contributed by atoms with van der Waals surface area (Å²) in [6, 6.07) is 0. The molecule has 0 saturated heterocycles. The summed E-state index contributed by atoms with van der Waals surface area (Å²) in [4.78, 5) is 44.9. The minimum absolute atomic E-state index is 0.0290. The molecular formula is C22H31BrCl2N8O4. The van der Waals surface area contributed by atoms with E-state index in [1.807, 2.05) is 9.80 Å². The van der Waals surface area contributed by atoms with E-state index in [-0.39, 0.29) is 22.4 Å². The van der Waals surface area contributed by atoms with Gasteiger partial charge in [0.2, 0.25) is 22.4 Å². The SMILES string of the molecule is CNC(=O)CCN(CCOC)c1nc(Cl)ncc1Br.COCCN1CCC(=O)N(C)c2cnc(Cl)nc21. The first-order valence-electron chi connectivity index (χ1n) is 11.4. The van der Waals surface area contributed by atoms with Crippen molar-refractivity contribution in [3.63, 3.8) is 0 Å². The van der Waals surface area contributed by atoms with Crippen molar-refractivity contribution >= 4 is 68.3 Å². The van der Waals surface area contributed by atoms with Gasteiger partial charge >= 0.3 is 0 Å². The molecule has 0 aliphatic carbocycles. The lowest BCUT2D eigenvalue weighted by atomic mass is 10.3. The Bertz CT molecular complexity index is 1050. The second-order valence-corrected chi connectivity index (χ2v) is 9.27. The first kappa shape index (κ1) is 30.9. The first-order chi connectivity index (χ1) is 17.7. The molecule has 0 spiro atoms. The van der Waals surface area contributed by atoms with Crippen molar-refractivity contribution in [3.05, 3.63) is 27.4 Å². The van der Waals surface area contributed by atoms with Crippen molar-refractivity contribution in [2.24, 2.45) is 0 Å². The van der Waals surface area contributed by atoms with E-state index < -0.39 is 0 Å². The van der Waals surface area contributed by atoms with Crippen LogP contribution >= 0.6 is 39.1 Å². The number of carbonyl (C=O) groups excluding carboxylic acids is 2. The van der Waals surface area contributed by atoms with Crippen LogP contribution in [0.4, 0.5) is 17.3 Å². The maximum atomic E-state index is 11.9. The van der Waals surface area contributed by atoms with Crippen LogP contribution in [-0.4, -0.2) is 99.5 Å². The summed E-state index contributed by atoms with van der Waals surface area (Å²) in [6.07, 6.45) is 3.97. The molecule has 2 aromatic rings. The molecule has 0 unspecified atom stereocenters. The lowest BCUT2D eigenvalue weighted by molar-refractivity contribution is -0.120. The summed E-state index contributed by atoms with van der Waals surface area (Å²) in [6.45, 7) is 3.50. The van der Waals surface area contributed by atoms with Crippen LogP contribution < -0.4 is 20.0 Å². The van der Waals surface area contributed by atoms with Crippen molar-refractivity contribution in [3.8, 4) is 0 Å². The second kappa shape index (κ2) is 15.8. The maximum absolute atomic E-state index is 11.9. The molecule has 0 aromatic carbocycles. The monoisotopic (exact) mass is 620 g/mol. The molecule has 0 bridgehead atoms. The molecule has 204 valence electrons. The molecule has 2 amide bonds. The summed E-state index contributed by atoms with van der Waals surface area (Å²) in [5.74, 6) is 1.35. The van der Waals surface area contributed by atoms with Gasteiger partial charge in [0.25, 0.3) is 0 Å². The lowest BCUT2D eigenvalue weighted by Gasteiger charge is -2.24. The molecule has 37 heavy (non-hydrogen) atoms. The van der Waals surface area contributed by atoms with Crippen LogP contribution in [0.3, 0.4) is 0 Å². The number of hydrogen-bond donors (Lipinski definition) is 1. The number of aromatic nitrogens is 4. The zero-order valence-corrected chi connectivity index (χ0v) is 24.3. The van der Waals surface area contributed by atoms with Gasteiger partial charge < -0.3 is 29.5 Å². The van der Waals surface area contributed by atoms with Crippen LogP contribution in [0.25, 0.3) is 0 Å². The zero-order valence-electron chi connectivity index (χ0n) is 21.2. The van der Waals surface area contributed by atoms with Crippen LogP contribution in [0.2, 0.25) is 10.6 Å². The van der Waals surface area contributed by atoms with Gasteiger partial charge in [0, 0.05) is 73.5 Å². The highest BCUT2D eigenvalue weighted by Crippen LogP contribution is 2.30. The molecule has 2 aromatic heterocycles. The van der Waals surface area contributed by atoms with Gasteiger partial charge in [-0.1, -0.05) is 0 Å². The Morgan fingerprint density at radius 1 is 1.14 bits per heavy atom. The lowest BCUT2D eigenvalue weighted by Crippen LogP contribution is -2.32. The Morgan fingerprint density at radius 3 is 2.49 bits per heavy atom. The van der Waals surface area contributed by atoms with Crippen molar-refractivity contribution in [1.82, 2.24) is 25.3 Å². The van der Waals surface area contributed by atoms with E-state index in [0.29, 0.717) is 69.6 Å². The van der Waals surface area contributed by atoms with Crippen LogP contribution in [0.15, 0.2) is 16.9 Å². The average Bonchev–Trinajstić information content (AvgIpc) is 3.00. The van der Waals surface area contributed by atoms with Gasteiger partial charge in [0.15, 0.2) is 5.82 Å². The van der Waals surface area contributed by atoms with Crippen LogP contribution in [0.5, 0.6) is 0 Å². The predicted molar refractivity (Wildman–Crippen MR) is 147 cm³/mol. The molecule has 3 rings (SSSR count). The molecular weight excluding hydrogens is 591 g/mol. The summed E-state index contributed by atoms with van der Waals surface area (Å²) >= 11 is 15.0. The molecule has 1 N–H and O–H groups in total. The normalized spacial score (nSPS) is 12.9. The third-order valence-corrected chi connectivity index (χ3v) is 6.29. The zero-order chi connectivity index (χ0) is 27.4. The molecule has 0 atom stereocenters. The van der Waals surface area contributed by atoms with Gasteiger partial charge in [-0.25, -0.2) is 9.97 Å². The molecule has 0 radical (unpaired) electrons. The largest absolute Gasteiger partial charge is 0.383 e. The first-order valence-corrected chi connectivity index (χ1v) is 12.9. The second-order valence-electron chi connectivity index (χ2n) is 7.74. The van der Waals surface area contributed by atoms with Gasteiger partial charge in [0.1, 0.15) is 11.5 Å². The minimum atomic E-state index is -0.0290. The Balaban J connectivity index is 0.000000260. The molecule has 0 saturated carbocycles. The number of nitrogens with one attached hydrogen (secondary N) is 1. The number of methoxy groups -OCH3 is 2. The van der Waals surface area contributed by atoms with Crippen LogP contribution in [-0.2, 0) is 19.1 Å². The fourth-order valence-corrected chi connectivity index (χ4v) is 4.02. The van der Waals surface area contributed by atoms with Crippen molar-refractivity contribution in [1.29, 1.82) is 0 Å². The van der Waals surface area contributed by atoms with Gasteiger partial charge in [-0.2, -0.15) is 9.97 Å².